The molecule has 0 aliphatic carbocycles. The molecule has 0 saturated carbocycles. The van der Waals surface area contributed by atoms with Gasteiger partial charge in [0.2, 0.25) is 5.91 Å². The number of anilines is 1. The summed E-state index contributed by atoms with van der Waals surface area (Å²) < 4.78 is 4.88. The molecule has 1 aromatic rings. The van der Waals surface area contributed by atoms with Crippen LogP contribution in [0, 0.1) is 17.4 Å². The number of nitrogens with one attached hydrogen (secondary N) is 1. The second-order valence-electron chi connectivity index (χ2n) is 5.57. The number of nitriles is 1. The summed E-state index contributed by atoms with van der Waals surface area (Å²) in [5, 5.41) is 11.6. The van der Waals surface area contributed by atoms with Gasteiger partial charge in [0, 0.05) is 11.3 Å². The smallest absolute Gasteiger partial charge is 0.316 e. The van der Waals surface area contributed by atoms with E-state index in [2.05, 4.69) is 5.32 Å². The Balaban J connectivity index is 2.57. The number of carbonyl (C=O) groups is 2. The molecule has 7 nitrogen and oxygen atoms in total. The van der Waals surface area contributed by atoms with E-state index in [4.69, 9.17) is 15.7 Å². The minimum atomic E-state index is -0.725. The van der Waals surface area contributed by atoms with Gasteiger partial charge in [-0.15, -0.1) is 0 Å². The zero-order chi connectivity index (χ0) is 17.0. The normalized spacial score (nSPS) is 21.4. The Morgan fingerprint density at radius 1 is 1.52 bits per heavy atom. The highest BCUT2D eigenvalue weighted by atomic mass is 16.5. The lowest BCUT2D eigenvalue weighted by Gasteiger charge is -2.36. The van der Waals surface area contributed by atoms with Crippen LogP contribution in [0.3, 0.4) is 0 Å². The molecule has 0 fully saturated rings. The number of ether oxygens (including phenoxy) is 1. The molecular formula is C16H20N4O3. The van der Waals surface area contributed by atoms with E-state index >= 15 is 0 Å². The minimum absolute atomic E-state index is 0.0572. The predicted molar refractivity (Wildman–Crippen MR) is 84.0 cm³/mol. The number of hydrogen-bond acceptors (Lipinski definition) is 4. The number of hydrogen-bond donors (Lipinski definition) is 2. The van der Waals surface area contributed by atoms with E-state index < -0.39 is 18.1 Å². The number of carbonyl (C=O) groups excluding carboxylic acids is 2. The largest absolute Gasteiger partial charge is 0.425 e. The van der Waals surface area contributed by atoms with E-state index in [1.54, 1.807) is 30.5 Å². The highest BCUT2D eigenvalue weighted by molar-refractivity contribution is 5.99. The highest BCUT2D eigenvalue weighted by Crippen LogP contribution is 2.35. The number of nitrogens with zero attached hydrogens (tertiary/aromatic N) is 2. The number of urea groups is 1. The molecule has 2 rings (SSSR count). The van der Waals surface area contributed by atoms with E-state index in [1.807, 2.05) is 13.8 Å². The summed E-state index contributed by atoms with van der Waals surface area (Å²) in [7, 11) is 0. The lowest BCUT2D eigenvalue weighted by atomic mass is 9.95. The van der Waals surface area contributed by atoms with E-state index in [0.717, 1.165) is 0 Å². The van der Waals surface area contributed by atoms with Crippen molar-refractivity contribution in [2.24, 2.45) is 11.7 Å². The Labute approximate surface area is 135 Å². The number of fused-ring (bicyclic) bond motifs is 1. The van der Waals surface area contributed by atoms with Gasteiger partial charge in [0.1, 0.15) is 12.6 Å². The summed E-state index contributed by atoms with van der Waals surface area (Å²) in [4.78, 5) is 26.1. The molecule has 1 aromatic carbocycles. The monoisotopic (exact) mass is 316 g/mol. The third-order valence-corrected chi connectivity index (χ3v) is 4.22. The zero-order valence-electron chi connectivity index (χ0n) is 13.2. The number of primary amides is 1. The van der Waals surface area contributed by atoms with Crippen LogP contribution in [0.25, 0.3) is 0 Å². The van der Waals surface area contributed by atoms with Gasteiger partial charge in [-0.25, -0.2) is 4.79 Å². The quantitative estimate of drug-likeness (QED) is 0.828. The average Bonchev–Trinajstić information content (AvgIpc) is 2.66. The molecule has 0 radical (unpaired) electrons. The van der Waals surface area contributed by atoms with Crippen LogP contribution in [0.2, 0.25) is 0 Å². The lowest BCUT2D eigenvalue weighted by Crippen LogP contribution is -2.53. The van der Waals surface area contributed by atoms with Crippen molar-refractivity contribution in [1.29, 1.82) is 5.26 Å². The fraction of sp³-hybridized carbons (Fsp3) is 0.438. The van der Waals surface area contributed by atoms with Gasteiger partial charge in [-0.3, -0.25) is 4.79 Å². The molecule has 0 spiro atoms. The maximum atomic E-state index is 12.6. The third-order valence-electron chi connectivity index (χ3n) is 4.22. The van der Waals surface area contributed by atoms with Crippen molar-refractivity contribution in [3.63, 3.8) is 0 Å². The van der Waals surface area contributed by atoms with Gasteiger partial charge >= 0.3 is 6.03 Å². The van der Waals surface area contributed by atoms with Crippen molar-refractivity contribution in [1.82, 2.24) is 4.90 Å². The second-order valence-corrected chi connectivity index (χ2v) is 5.57. The van der Waals surface area contributed by atoms with Crippen LogP contribution in [0.4, 0.5) is 10.5 Å². The number of amides is 3. The molecule has 1 unspecified atom stereocenters. The van der Waals surface area contributed by atoms with Crippen molar-refractivity contribution in [3.8, 4) is 6.26 Å². The van der Waals surface area contributed by atoms with Gasteiger partial charge in [-0.1, -0.05) is 38.5 Å². The molecule has 1 aliphatic heterocycles. The van der Waals surface area contributed by atoms with E-state index in [9.17, 15) is 9.59 Å². The Hall–Kier alpha value is -2.75. The standard InChI is InChI=1S/C16H20N4O3/c1-3-10(2)14-15(21)19-12-7-5-4-6-11(12)13(8-23-9-17)20(14)16(18)22/h4-7,10,13-14H,3,8H2,1-2H3,(H2,18,22)(H,19,21)/t10-,13?,14-/m0/s1. The van der Waals surface area contributed by atoms with E-state index in [-0.39, 0.29) is 18.4 Å². The molecule has 122 valence electrons. The molecular weight excluding hydrogens is 296 g/mol. The van der Waals surface area contributed by atoms with Crippen LogP contribution in [0.5, 0.6) is 0 Å². The molecule has 3 N–H and O–H groups in total. The molecule has 7 heteroatoms. The molecule has 1 heterocycles. The number of para-hydroxylation sites is 1. The van der Waals surface area contributed by atoms with E-state index in [0.29, 0.717) is 17.7 Å². The van der Waals surface area contributed by atoms with Crippen molar-refractivity contribution in [3.05, 3.63) is 29.8 Å². The summed E-state index contributed by atoms with van der Waals surface area (Å²) in [6.45, 7) is 3.77. The van der Waals surface area contributed by atoms with E-state index in [1.165, 1.54) is 4.90 Å². The van der Waals surface area contributed by atoms with Crippen LogP contribution in [-0.2, 0) is 9.53 Å². The first-order chi connectivity index (χ1) is 11.0. The Morgan fingerprint density at radius 2 is 2.22 bits per heavy atom. The first-order valence-electron chi connectivity index (χ1n) is 7.49. The van der Waals surface area contributed by atoms with Gasteiger partial charge < -0.3 is 20.7 Å². The number of rotatable bonds is 4. The van der Waals surface area contributed by atoms with Crippen molar-refractivity contribution < 1.29 is 14.3 Å². The van der Waals surface area contributed by atoms with Gasteiger partial charge in [0.15, 0.2) is 0 Å². The lowest BCUT2D eigenvalue weighted by molar-refractivity contribution is -0.122. The molecule has 23 heavy (non-hydrogen) atoms. The molecule has 0 bridgehead atoms. The van der Waals surface area contributed by atoms with Crippen LogP contribution >= 0.6 is 0 Å². The minimum Gasteiger partial charge on any atom is -0.425 e. The van der Waals surface area contributed by atoms with Gasteiger partial charge in [-0.2, -0.15) is 5.26 Å². The van der Waals surface area contributed by atoms with Crippen LogP contribution < -0.4 is 11.1 Å². The first-order valence-corrected chi connectivity index (χ1v) is 7.49. The summed E-state index contributed by atoms with van der Waals surface area (Å²) in [6, 6.07) is 5.08. The Bertz CT molecular complexity index is 640. The molecule has 3 atom stereocenters. The molecule has 1 aliphatic rings. The summed E-state index contributed by atoms with van der Waals surface area (Å²) in [6.07, 6.45) is 2.31. The van der Waals surface area contributed by atoms with Gasteiger partial charge in [0.25, 0.3) is 6.26 Å². The first kappa shape index (κ1) is 16.6. The molecule has 0 aromatic heterocycles. The highest BCUT2D eigenvalue weighted by Gasteiger charge is 2.41. The van der Waals surface area contributed by atoms with Crippen molar-refractivity contribution in [2.45, 2.75) is 32.4 Å². The van der Waals surface area contributed by atoms with Crippen LogP contribution in [0.1, 0.15) is 31.9 Å². The number of nitrogens with two attached hydrogens (primary N) is 1. The van der Waals surface area contributed by atoms with Crippen LogP contribution in [0.15, 0.2) is 24.3 Å². The zero-order valence-corrected chi connectivity index (χ0v) is 13.2. The summed E-state index contributed by atoms with van der Waals surface area (Å²) in [5.41, 5.74) is 6.86. The Kier molecular flexibility index (Phi) is 5.06. The predicted octanol–water partition coefficient (Wildman–Crippen LogP) is 1.97. The SMILES string of the molecule is CC[C@H](C)[C@H]1C(=O)Nc2ccccc2C(COC#N)N1C(N)=O. The topological polar surface area (TPSA) is 108 Å². The average molecular weight is 316 g/mol. The van der Waals surface area contributed by atoms with Gasteiger partial charge in [-0.05, 0) is 12.0 Å². The molecule has 3 amide bonds. The maximum absolute atomic E-state index is 12.6. The van der Waals surface area contributed by atoms with Gasteiger partial charge in [0.05, 0.1) is 6.04 Å². The van der Waals surface area contributed by atoms with Crippen LogP contribution in [-0.4, -0.2) is 29.5 Å². The van der Waals surface area contributed by atoms with Crippen molar-refractivity contribution >= 4 is 17.6 Å². The third kappa shape index (κ3) is 3.21. The van der Waals surface area contributed by atoms with Crippen molar-refractivity contribution in [2.75, 3.05) is 11.9 Å². The maximum Gasteiger partial charge on any atom is 0.316 e. The second kappa shape index (κ2) is 7.01. The fourth-order valence-corrected chi connectivity index (χ4v) is 2.91. The Morgan fingerprint density at radius 3 is 2.83 bits per heavy atom. The summed E-state index contributed by atoms with van der Waals surface area (Å²) >= 11 is 0. The molecule has 0 saturated heterocycles. The summed E-state index contributed by atoms with van der Waals surface area (Å²) in [5.74, 6) is -0.383. The number of benzene rings is 1. The fourth-order valence-electron chi connectivity index (χ4n) is 2.91.